The minimum Gasteiger partial charge on any atom is -0.205 e. The lowest BCUT2D eigenvalue weighted by molar-refractivity contribution is -0.697. The minimum absolute atomic E-state index is 1.17. The molecule has 2 heterocycles. The van der Waals surface area contributed by atoms with Crippen LogP contribution in [-0.4, -0.2) is 0 Å². The van der Waals surface area contributed by atoms with Gasteiger partial charge in [0.15, 0.2) is 24.8 Å². The number of hydrogen-bond acceptors (Lipinski definition) is 0. The largest absolute Gasteiger partial charge is 0.205 e. The fourth-order valence-corrected chi connectivity index (χ4v) is 4.42. The summed E-state index contributed by atoms with van der Waals surface area (Å²) in [5, 5.41) is 0. The van der Waals surface area contributed by atoms with Crippen LogP contribution in [0.2, 0.25) is 0 Å². The van der Waals surface area contributed by atoms with Crippen LogP contribution in [0.3, 0.4) is 0 Å². The van der Waals surface area contributed by atoms with E-state index < -0.39 is 0 Å². The summed E-state index contributed by atoms with van der Waals surface area (Å²) >= 11 is 0. The molecule has 0 unspecified atom stereocenters. The summed E-state index contributed by atoms with van der Waals surface area (Å²) in [5.41, 5.74) is 2.99. The lowest BCUT2D eigenvalue weighted by Crippen LogP contribution is -2.32. The van der Waals surface area contributed by atoms with E-state index in [0.29, 0.717) is 0 Å². The summed E-state index contributed by atoms with van der Waals surface area (Å²) in [7, 11) is 0. The van der Waals surface area contributed by atoms with E-state index in [1.54, 1.807) is 0 Å². The molecule has 0 atom stereocenters. The van der Waals surface area contributed by atoms with E-state index in [2.05, 4.69) is 72.0 Å². The van der Waals surface area contributed by atoms with Crippen molar-refractivity contribution in [1.29, 1.82) is 0 Å². The average molecular weight is 439 g/mol. The first-order valence-electron chi connectivity index (χ1n) is 13.8. The molecule has 0 aromatic carbocycles. The lowest BCUT2D eigenvalue weighted by Gasteiger charge is -2.03. The Morgan fingerprint density at radius 1 is 0.438 bits per heavy atom. The van der Waals surface area contributed by atoms with Crippen molar-refractivity contribution < 1.29 is 9.13 Å². The number of unbranched alkanes of at least 4 members (excludes halogenated alkanes) is 11. The Kier molecular flexibility index (Phi) is 14.8. The second-order valence-corrected chi connectivity index (χ2v) is 9.63. The molecule has 0 N–H and O–H groups in total. The quantitative estimate of drug-likeness (QED) is 0.158. The van der Waals surface area contributed by atoms with Gasteiger partial charge in [-0.1, -0.05) is 65.2 Å². The third-order valence-electron chi connectivity index (χ3n) is 6.64. The Morgan fingerprint density at radius 3 is 1.12 bits per heavy atom. The molecule has 2 heteroatoms. The number of aromatic nitrogens is 2. The standard InChI is InChI=1S/C30H50N2/c1-3-5-13-17-29-19-25-31(26-20-29)23-15-11-9-7-8-10-12-16-24-32-27-21-30(22-28-32)18-14-6-4-2/h19-22,25-28H,3-18,23-24H2,1-2H3/q+2. The van der Waals surface area contributed by atoms with Crippen LogP contribution < -0.4 is 9.13 Å². The van der Waals surface area contributed by atoms with Gasteiger partial charge in [0.2, 0.25) is 0 Å². The van der Waals surface area contributed by atoms with E-state index in [1.165, 1.54) is 127 Å². The molecular weight excluding hydrogens is 388 g/mol. The molecule has 0 bridgehead atoms. The summed E-state index contributed by atoms with van der Waals surface area (Å²) < 4.78 is 4.72. The van der Waals surface area contributed by atoms with Crippen molar-refractivity contribution in [2.75, 3.05) is 0 Å². The van der Waals surface area contributed by atoms with E-state index in [4.69, 9.17) is 0 Å². The number of aryl methyl sites for hydroxylation is 4. The van der Waals surface area contributed by atoms with Crippen molar-refractivity contribution in [3.63, 3.8) is 0 Å². The molecule has 2 aromatic heterocycles. The molecule has 2 nitrogen and oxygen atoms in total. The van der Waals surface area contributed by atoms with Crippen LogP contribution >= 0.6 is 0 Å². The molecule has 0 amide bonds. The van der Waals surface area contributed by atoms with Gasteiger partial charge >= 0.3 is 0 Å². The summed E-state index contributed by atoms with van der Waals surface area (Å²) in [6.45, 7) is 6.88. The van der Waals surface area contributed by atoms with Crippen LogP contribution in [0, 0.1) is 0 Å². The molecule has 32 heavy (non-hydrogen) atoms. The number of rotatable bonds is 19. The van der Waals surface area contributed by atoms with E-state index in [9.17, 15) is 0 Å². The van der Waals surface area contributed by atoms with Gasteiger partial charge in [0.1, 0.15) is 13.1 Å². The van der Waals surface area contributed by atoms with Gasteiger partial charge in [0.05, 0.1) is 0 Å². The zero-order valence-electron chi connectivity index (χ0n) is 21.2. The van der Waals surface area contributed by atoms with Crippen molar-refractivity contribution in [2.24, 2.45) is 0 Å². The molecule has 0 aliphatic heterocycles. The molecule has 0 saturated carbocycles. The molecule has 0 saturated heterocycles. The van der Waals surface area contributed by atoms with Gasteiger partial charge < -0.3 is 0 Å². The fraction of sp³-hybridized carbons (Fsp3) is 0.667. The molecule has 0 spiro atoms. The second-order valence-electron chi connectivity index (χ2n) is 9.63. The Hall–Kier alpha value is -1.70. The predicted octanol–water partition coefficient (Wildman–Crippen LogP) is 7.55. The van der Waals surface area contributed by atoms with Crippen LogP contribution in [0.5, 0.6) is 0 Å². The van der Waals surface area contributed by atoms with Crippen molar-refractivity contribution in [3.8, 4) is 0 Å². The second kappa shape index (κ2) is 17.8. The van der Waals surface area contributed by atoms with E-state index in [-0.39, 0.29) is 0 Å². The predicted molar refractivity (Wildman–Crippen MR) is 137 cm³/mol. The number of hydrogen-bond donors (Lipinski definition) is 0. The van der Waals surface area contributed by atoms with Crippen molar-refractivity contribution >= 4 is 0 Å². The fourth-order valence-electron chi connectivity index (χ4n) is 4.42. The van der Waals surface area contributed by atoms with Crippen LogP contribution in [0.1, 0.15) is 115 Å². The highest BCUT2D eigenvalue weighted by molar-refractivity contribution is 5.07. The topological polar surface area (TPSA) is 7.76 Å². The monoisotopic (exact) mass is 438 g/mol. The Morgan fingerprint density at radius 2 is 0.781 bits per heavy atom. The highest BCUT2D eigenvalue weighted by Gasteiger charge is 2.03. The summed E-state index contributed by atoms with van der Waals surface area (Å²) in [6.07, 6.45) is 30.5. The summed E-state index contributed by atoms with van der Waals surface area (Å²) in [5.74, 6) is 0. The highest BCUT2D eigenvalue weighted by atomic mass is 14.9. The third kappa shape index (κ3) is 12.4. The van der Waals surface area contributed by atoms with Crippen LogP contribution in [0.4, 0.5) is 0 Å². The van der Waals surface area contributed by atoms with Gasteiger partial charge in [0, 0.05) is 37.1 Å². The maximum atomic E-state index is 2.36. The number of pyridine rings is 2. The van der Waals surface area contributed by atoms with E-state index in [1.807, 2.05) is 0 Å². The van der Waals surface area contributed by atoms with Crippen molar-refractivity contribution in [1.82, 2.24) is 0 Å². The molecule has 0 radical (unpaired) electrons. The van der Waals surface area contributed by atoms with Crippen molar-refractivity contribution in [3.05, 3.63) is 60.2 Å². The maximum absolute atomic E-state index is 2.36. The zero-order chi connectivity index (χ0) is 22.7. The van der Waals surface area contributed by atoms with Gasteiger partial charge in [-0.05, 0) is 49.7 Å². The minimum atomic E-state index is 1.17. The summed E-state index contributed by atoms with van der Waals surface area (Å²) in [4.78, 5) is 0. The summed E-state index contributed by atoms with van der Waals surface area (Å²) in [6, 6.07) is 9.26. The molecule has 0 aliphatic rings. The van der Waals surface area contributed by atoms with E-state index in [0.717, 1.165) is 0 Å². The molecule has 178 valence electrons. The maximum Gasteiger partial charge on any atom is 0.169 e. The Balaban J connectivity index is 1.41. The Bertz CT molecular complexity index is 613. The normalized spacial score (nSPS) is 11.2. The molecule has 0 fully saturated rings. The molecule has 2 aromatic rings. The molecule has 0 aliphatic carbocycles. The first-order chi connectivity index (χ1) is 15.8. The zero-order valence-corrected chi connectivity index (χ0v) is 21.2. The SMILES string of the molecule is CCCCCc1cc[n+](CCCCCCCCCC[n+]2ccc(CCCCC)cc2)cc1. The first kappa shape index (κ1) is 26.6. The van der Waals surface area contributed by atoms with Gasteiger partial charge in [-0.3, -0.25) is 0 Å². The third-order valence-corrected chi connectivity index (χ3v) is 6.64. The van der Waals surface area contributed by atoms with Gasteiger partial charge in [-0.2, -0.15) is 0 Å². The van der Waals surface area contributed by atoms with Gasteiger partial charge in [0.25, 0.3) is 0 Å². The van der Waals surface area contributed by atoms with Crippen molar-refractivity contribution in [2.45, 2.75) is 130 Å². The molecular formula is C30H50N2+2. The highest BCUT2D eigenvalue weighted by Crippen LogP contribution is 2.09. The first-order valence-corrected chi connectivity index (χ1v) is 13.8. The average Bonchev–Trinajstić information content (AvgIpc) is 2.82. The van der Waals surface area contributed by atoms with Crippen LogP contribution in [0.25, 0.3) is 0 Å². The number of nitrogens with zero attached hydrogens (tertiary/aromatic N) is 2. The van der Waals surface area contributed by atoms with Gasteiger partial charge in [-0.15, -0.1) is 0 Å². The van der Waals surface area contributed by atoms with Crippen LogP contribution in [-0.2, 0) is 25.9 Å². The lowest BCUT2D eigenvalue weighted by atomic mass is 10.1. The smallest absolute Gasteiger partial charge is 0.169 e. The van der Waals surface area contributed by atoms with Gasteiger partial charge in [-0.25, -0.2) is 9.13 Å². The van der Waals surface area contributed by atoms with E-state index >= 15 is 0 Å². The Labute approximate surface area is 199 Å². The van der Waals surface area contributed by atoms with Crippen LogP contribution in [0.15, 0.2) is 49.1 Å². The molecule has 2 rings (SSSR count).